The third kappa shape index (κ3) is 4.91. The predicted molar refractivity (Wildman–Crippen MR) is 77.8 cm³/mol. The molecule has 0 spiro atoms. The number of hydrogen-bond donors (Lipinski definition) is 2. The van der Waals surface area contributed by atoms with Crippen LogP contribution < -0.4 is 5.32 Å². The highest BCUT2D eigenvalue weighted by atomic mass is 16.4. The summed E-state index contributed by atoms with van der Waals surface area (Å²) in [6, 6.07) is -0.0931. The Labute approximate surface area is 125 Å². The molecule has 120 valence electrons. The van der Waals surface area contributed by atoms with Gasteiger partial charge in [0.15, 0.2) is 0 Å². The molecule has 2 atom stereocenters. The van der Waals surface area contributed by atoms with Gasteiger partial charge < -0.3 is 20.2 Å². The van der Waals surface area contributed by atoms with Gasteiger partial charge in [-0.2, -0.15) is 0 Å². The van der Waals surface area contributed by atoms with Crippen molar-refractivity contribution < 1.29 is 19.5 Å². The molecule has 1 heterocycles. The number of carboxylic acid groups (broad SMARTS) is 1. The summed E-state index contributed by atoms with van der Waals surface area (Å²) in [7, 11) is 3.37. The third-order valence-corrected chi connectivity index (χ3v) is 3.81. The van der Waals surface area contributed by atoms with Crippen LogP contribution in [0.5, 0.6) is 0 Å². The first kappa shape index (κ1) is 17.3. The van der Waals surface area contributed by atoms with E-state index in [-0.39, 0.29) is 24.4 Å². The van der Waals surface area contributed by atoms with E-state index in [1.165, 1.54) is 4.90 Å². The summed E-state index contributed by atoms with van der Waals surface area (Å²) < 4.78 is 0. The molecule has 1 rings (SSSR count). The minimum atomic E-state index is -0.897. The zero-order chi connectivity index (χ0) is 16.0. The van der Waals surface area contributed by atoms with Crippen molar-refractivity contribution in [2.75, 3.05) is 33.7 Å². The Morgan fingerprint density at radius 2 is 2.05 bits per heavy atom. The summed E-state index contributed by atoms with van der Waals surface area (Å²) in [6.07, 6.45) is 1.99. The molecular formula is C14H25N3O4. The van der Waals surface area contributed by atoms with Gasteiger partial charge in [-0.1, -0.05) is 6.92 Å². The first-order chi connectivity index (χ1) is 9.86. The minimum absolute atomic E-state index is 0.0931. The van der Waals surface area contributed by atoms with Crippen molar-refractivity contribution in [3.05, 3.63) is 0 Å². The first-order valence-electron chi connectivity index (χ1n) is 7.33. The predicted octanol–water partition coefficient (Wildman–Crippen LogP) is 0.607. The van der Waals surface area contributed by atoms with Crippen LogP contribution in [0.15, 0.2) is 0 Å². The molecule has 0 aromatic rings. The second-order valence-electron chi connectivity index (χ2n) is 5.65. The molecule has 0 bridgehead atoms. The number of nitrogens with one attached hydrogen (secondary N) is 1. The maximum absolute atomic E-state index is 12.1. The SMILES string of the molecule is CCC(CNC(=O)C1CCCN(C(=O)N(C)C)C1)C(=O)O. The Balaban J connectivity index is 2.50. The molecule has 1 aliphatic rings. The molecule has 3 amide bonds. The maximum atomic E-state index is 12.1. The molecule has 1 fully saturated rings. The van der Waals surface area contributed by atoms with E-state index >= 15 is 0 Å². The van der Waals surface area contributed by atoms with Gasteiger partial charge in [0.1, 0.15) is 0 Å². The van der Waals surface area contributed by atoms with E-state index < -0.39 is 11.9 Å². The van der Waals surface area contributed by atoms with Gasteiger partial charge in [0, 0.05) is 33.7 Å². The Bertz CT molecular complexity index is 398. The second kappa shape index (κ2) is 7.85. The number of aliphatic carboxylic acids is 1. The molecule has 2 unspecified atom stereocenters. The molecule has 1 saturated heterocycles. The molecule has 0 aliphatic carbocycles. The van der Waals surface area contributed by atoms with Crippen molar-refractivity contribution >= 4 is 17.9 Å². The van der Waals surface area contributed by atoms with Gasteiger partial charge in [-0.3, -0.25) is 9.59 Å². The molecule has 0 saturated carbocycles. The van der Waals surface area contributed by atoms with Gasteiger partial charge in [-0.15, -0.1) is 0 Å². The Morgan fingerprint density at radius 3 is 2.57 bits per heavy atom. The maximum Gasteiger partial charge on any atom is 0.319 e. The van der Waals surface area contributed by atoms with E-state index in [1.807, 2.05) is 0 Å². The number of amides is 3. The number of hydrogen-bond acceptors (Lipinski definition) is 3. The van der Waals surface area contributed by atoms with Gasteiger partial charge in [0.25, 0.3) is 0 Å². The van der Waals surface area contributed by atoms with Crippen molar-refractivity contribution in [3.63, 3.8) is 0 Å². The van der Waals surface area contributed by atoms with E-state index in [9.17, 15) is 14.4 Å². The van der Waals surface area contributed by atoms with Crippen molar-refractivity contribution in [2.24, 2.45) is 11.8 Å². The summed E-state index contributed by atoms with van der Waals surface area (Å²) >= 11 is 0. The number of carbonyl (C=O) groups excluding carboxylic acids is 2. The fourth-order valence-electron chi connectivity index (χ4n) is 2.42. The van der Waals surface area contributed by atoms with Gasteiger partial charge in [-0.05, 0) is 19.3 Å². The van der Waals surface area contributed by atoms with Crippen LogP contribution >= 0.6 is 0 Å². The number of piperidine rings is 1. The smallest absolute Gasteiger partial charge is 0.319 e. The molecular weight excluding hydrogens is 274 g/mol. The highest BCUT2D eigenvalue weighted by Gasteiger charge is 2.29. The van der Waals surface area contributed by atoms with E-state index in [2.05, 4.69) is 5.32 Å². The highest BCUT2D eigenvalue weighted by Crippen LogP contribution is 2.17. The highest BCUT2D eigenvalue weighted by molar-refractivity contribution is 5.81. The van der Waals surface area contributed by atoms with Crippen LogP contribution in [0.4, 0.5) is 4.79 Å². The zero-order valence-electron chi connectivity index (χ0n) is 13.0. The monoisotopic (exact) mass is 299 g/mol. The fraction of sp³-hybridized carbons (Fsp3) is 0.786. The summed E-state index contributed by atoms with van der Waals surface area (Å²) in [5.41, 5.74) is 0. The van der Waals surface area contributed by atoms with Crippen molar-refractivity contribution in [3.8, 4) is 0 Å². The Hall–Kier alpha value is -1.79. The average Bonchev–Trinajstić information content (AvgIpc) is 2.46. The molecule has 7 heteroatoms. The van der Waals surface area contributed by atoms with Gasteiger partial charge in [0.2, 0.25) is 5.91 Å². The van der Waals surface area contributed by atoms with Crippen molar-refractivity contribution in [2.45, 2.75) is 26.2 Å². The summed E-state index contributed by atoms with van der Waals surface area (Å²) in [5.74, 6) is -1.87. The number of urea groups is 1. The van der Waals surface area contributed by atoms with E-state index in [0.717, 1.165) is 12.8 Å². The summed E-state index contributed by atoms with van der Waals surface area (Å²) in [4.78, 5) is 38.1. The van der Waals surface area contributed by atoms with Gasteiger partial charge in [0.05, 0.1) is 11.8 Å². The Kier molecular flexibility index (Phi) is 6.45. The largest absolute Gasteiger partial charge is 0.481 e. The minimum Gasteiger partial charge on any atom is -0.481 e. The number of rotatable bonds is 5. The van der Waals surface area contributed by atoms with Crippen LogP contribution in [0.3, 0.4) is 0 Å². The Morgan fingerprint density at radius 1 is 1.38 bits per heavy atom. The molecule has 0 aromatic heterocycles. The lowest BCUT2D eigenvalue weighted by Crippen LogP contribution is -2.49. The van der Waals surface area contributed by atoms with Crippen LogP contribution in [0.25, 0.3) is 0 Å². The quantitative estimate of drug-likeness (QED) is 0.778. The molecule has 0 aromatic carbocycles. The number of likely N-dealkylation sites (tertiary alicyclic amines) is 1. The van der Waals surface area contributed by atoms with Crippen LogP contribution in [0.2, 0.25) is 0 Å². The molecule has 21 heavy (non-hydrogen) atoms. The lowest BCUT2D eigenvalue weighted by Gasteiger charge is -2.33. The topological polar surface area (TPSA) is 90.0 Å². The number of carboxylic acids is 1. The normalized spacial score (nSPS) is 19.8. The van der Waals surface area contributed by atoms with Crippen LogP contribution in [-0.2, 0) is 9.59 Å². The van der Waals surface area contributed by atoms with Crippen LogP contribution in [0.1, 0.15) is 26.2 Å². The van der Waals surface area contributed by atoms with Gasteiger partial charge >= 0.3 is 12.0 Å². The molecule has 2 N–H and O–H groups in total. The number of nitrogens with zero attached hydrogens (tertiary/aromatic N) is 2. The molecule has 1 aliphatic heterocycles. The summed E-state index contributed by atoms with van der Waals surface area (Å²) in [6.45, 7) is 2.98. The van der Waals surface area contributed by atoms with Crippen LogP contribution in [0, 0.1) is 11.8 Å². The third-order valence-electron chi connectivity index (χ3n) is 3.81. The van der Waals surface area contributed by atoms with E-state index in [4.69, 9.17) is 5.11 Å². The van der Waals surface area contributed by atoms with E-state index in [1.54, 1.807) is 25.9 Å². The van der Waals surface area contributed by atoms with Crippen molar-refractivity contribution in [1.29, 1.82) is 0 Å². The molecule has 7 nitrogen and oxygen atoms in total. The zero-order valence-corrected chi connectivity index (χ0v) is 13.0. The van der Waals surface area contributed by atoms with E-state index in [0.29, 0.717) is 19.5 Å². The standard InChI is InChI=1S/C14H25N3O4/c1-4-10(13(19)20)8-15-12(18)11-6-5-7-17(9-11)14(21)16(2)3/h10-11H,4-9H2,1-3H3,(H,15,18)(H,19,20). The summed E-state index contributed by atoms with van der Waals surface area (Å²) in [5, 5.41) is 11.7. The van der Waals surface area contributed by atoms with Gasteiger partial charge in [-0.25, -0.2) is 4.79 Å². The lowest BCUT2D eigenvalue weighted by molar-refractivity contribution is -0.141. The lowest BCUT2D eigenvalue weighted by atomic mass is 9.97. The second-order valence-corrected chi connectivity index (χ2v) is 5.65. The first-order valence-corrected chi connectivity index (χ1v) is 7.33. The van der Waals surface area contributed by atoms with Crippen LogP contribution in [-0.4, -0.2) is 66.5 Å². The molecule has 0 radical (unpaired) electrons. The number of carbonyl (C=O) groups is 3. The average molecular weight is 299 g/mol. The fourth-order valence-corrected chi connectivity index (χ4v) is 2.42. The van der Waals surface area contributed by atoms with Crippen molar-refractivity contribution in [1.82, 2.24) is 15.1 Å².